The molecule has 0 spiro atoms. The summed E-state index contributed by atoms with van der Waals surface area (Å²) in [6, 6.07) is 8.04. The van der Waals surface area contributed by atoms with Crippen LogP contribution < -0.4 is 16.0 Å². The number of carboxylic acids is 1. The average Bonchev–Trinajstić information content (AvgIpc) is 2.65. The highest BCUT2D eigenvalue weighted by Crippen LogP contribution is 2.10. The molecule has 4 atom stereocenters. The first-order valence-electron chi connectivity index (χ1n) is 8.86. The van der Waals surface area contributed by atoms with Crippen LogP contribution in [0.15, 0.2) is 30.3 Å². The fourth-order valence-electron chi connectivity index (χ4n) is 2.88. The largest absolute Gasteiger partial charge is 0.480 e. The average molecular weight is 386 g/mol. The molecule has 0 bridgehead atoms. The molecule has 0 saturated carbocycles. The zero-order valence-electron chi connectivity index (χ0n) is 15.3. The molecule has 3 amide bonds. The lowest BCUT2D eigenvalue weighted by atomic mass is 10.00. The molecule has 1 aromatic carbocycles. The third-order valence-electron chi connectivity index (χ3n) is 4.38. The third-order valence-corrected chi connectivity index (χ3v) is 4.38. The molecule has 1 fully saturated rings. The van der Waals surface area contributed by atoms with Gasteiger partial charge in [0.15, 0.2) is 0 Å². The molecule has 148 valence electrons. The van der Waals surface area contributed by atoms with Crippen molar-refractivity contribution in [2.75, 3.05) is 0 Å². The smallest absolute Gasteiger partial charge is 0.326 e. The summed E-state index contributed by atoms with van der Waals surface area (Å²) in [5.74, 6) is -3.44. The number of hydrogen-bond acceptors (Lipinski definition) is 5. The van der Waals surface area contributed by atoms with Crippen molar-refractivity contribution in [1.29, 1.82) is 5.26 Å². The summed E-state index contributed by atoms with van der Waals surface area (Å²) in [6.07, 6.45) is -0.120. The van der Waals surface area contributed by atoms with Crippen molar-refractivity contribution in [3.63, 3.8) is 0 Å². The Balaban J connectivity index is 1.91. The second kappa shape index (κ2) is 9.50. The Kier molecular flexibility index (Phi) is 7.09. The van der Waals surface area contributed by atoms with Crippen molar-refractivity contribution in [2.45, 2.75) is 44.3 Å². The number of nitriles is 1. The van der Waals surface area contributed by atoms with Crippen molar-refractivity contribution in [2.24, 2.45) is 5.92 Å². The summed E-state index contributed by atoms with van der Waals surface area (Å²) < 4.78 is 0. The molecule has 0 radical (unpaired) electrons. The lowest BCUT2D eigenvalue weighted by molar-refractivity contribution is -0.143. The molecular weight excluding hydrogens is 364 g/mol. The SMILES string of the molecule is C[C@H](C#N)C[C@@H](NC(=O)C[C@@H]1NC(=O)[C@H](Cc2ccccc2)NC1=O)C(=O)O. The van der Waals surface area contributed by atoms with Crippen LogP contribution in [0.1, 0.15) is 25.3 Å². The summed E-state index contributed by atoms with van der Waals surface area (Å²) >= 11 is 0. The first-order valence-corrected chi connectivity index (χ1v) is 8.86. The molecule has 0 aromatic heterocycles. The minimum Gasteiger partial charge on any atom is -0.480 e. The Morgan fingerprint density at radius 1 is 1.18 bits per heavy atom. The fraction of sp³-hybridized carbons (Fsp3) is 0.421. The minimum atomic E-state index is -1.27. The van der Waals surface area contributed by atoms with Crippen LogP contribution in [0.4, 0.5) is 0 Å². The monoisotopic (exact) mass is 386 g/mol. The van der Waals surface area contributed by atoms with E-state index in [-0.39, 0.29) is 12.8 Å². The zero-order valence-corrected chi connectivity index (χ0v) is 15.3. The molecule has 0 aliphatic carbocycles. The van der Waals surface area contributed by atoms with E-state index in [0.717, 1.165) is 5.56 Å². The minimum absolute atomic E-state index is 0.0556. The van der Waals surface area contributed by atoms with E-state index in [1.54, 1.807) is 6.92 Å². The van der Waals surface area contributed by atoms with Crippen LogP contribution in [0.25, 0.3) is 0 Å². The van der Waals surface area contributed by atoms with Gasteiger partial charge in [-0.05, 0) is 18.9 Å². The summed E-state index contributed by atoms with van der Waals surface area (Å²) in [5.41, 5.74) is 0.884. The highest BCUT2D eigenvalue weighted by Gasteiger charge is 2.35. The van der Waals surface area contributed by atoms with E-state index in [4.69, 9.17) is 10.4 Å². The number of hydrogen-bond donors (Lipinski definition) is 4. The van der Waals surface area contributed by atoms with E-state index in [1.165, 1.54) is 0 Å². The Morgan fingerprint density at radius 3 is 2.39 bits per heavy atom. The second-order valence-electron chi connectivity index (χ2n) is 6.74. The number of carboxylic acid groups (broad SMARTS) is 1. The van der Waals surface area contributed by atoms with Gasteiger partial charge in [0.05, 0.1) is 12.5 Å². The third kappa shape index (κ3) is 5.81. The van der Waals surface area contributed by atoms with E-state index in [1.807, 2.05) is 36.4 Å². The highest BCUT2D eigenvalue weighted by atomic mass is 16.4. The number of nitrogens with one attached hydrogen (secondary N) is 3. The van der Waals surface area contributed by atoms with Gasteiger partial charge in [-0.3, -0.25) is 14.4 Å². The number of nitrogens with zero attached hydrogens (tertiary/aromatic N) is 1. The molecule has 4 N–H and O–H groups in total. The van der Waals surface area contributed by atoms with Crippen molar-refractivity contribution in [3.8, 4) is 6.07 Å². The number of rotatable bonds is 8. The fourth-order valence-corrected chi connectivity index (χ4v) is 2.88. The first-order chi connectivity index (χ1) is 13.3. The quantitative estimate of drug-likeness (QED) is 0.483. The van der Waals surface area contributed by atoms with E-state index < -0.39 is 47.7 Å². The van der Waals surface area contributed by atoms with Gasteiger partial charge in [-0.1, -0.05) is 30.3 Å². The number of aliphatic carboxylic acids is 1. The Labute approximate surface area is 162 Å². The van der Waals surface area contributed by atoms with Gasteiger partial charge in [0, 0.05) is 12.3 Å². The summed E-state index contributed by atoms with van der Waals surface area (Å²) in [5, 5.41) is 25.4. The number of benzene rings is 1. The summed E-state index contributed by atoms with van der Waals surface area (Å²) in [4.78, 5) is 47.9. The predicted octanol–water partition coefficient (Wildman–Crippen LogP) is -0.278. The van der Waals surface area contributed by atoms with Crippen molar-refractivity contribution in [1.82, 2.24) is 16.0 Å². The number of amides is 3. The van der Waals surface area contributed by atoms with Crippen LogP contribution in [0, 0.1) is 17.2 Å². The van der Waals surface area contributed by atoms with Gasteiger partial charge in [0.1, 0.15) is 18.1 Å². The van der Waals surface area contributed by atoms with Gasteiger partial charge in [0.25, 0.3) is 0 Å². The maximum atomic E-state index is 12.3. The molecule has 1 aliphatic heterocycles. The molecule has 9 heteroatoms. The van der Waals surface area contributed by atoms with E-state index >= 15 is 0 Å². The molecule has 9 nitrogen and oxygen atoms in total. The normalized spacial score (nSPS) is 20.9. The second-order valence-corrected chi connectivity index (χ2v) is 6.74. The molecule has 1 saturated heterocycles. The van der Waals surface area contributed by atoms with Gasteiger partial charge in [0.2, 0.25) is 17.7 Å². The van der Waals surface area contributed by atoms with Gasteiger partial charge < -0.3 is 21.1 Å². The van der Waals surface area contributed by atoms with Crippen LogP contribution in [0.3, 0.4) is 0 Å². The van der Waals surface area contributed by atoms with Crippen LogP contribution >= 0.6 is 0 Å². The maximum absolute atomic E-state index is 12.3. The van der Waals surface area contributed by atoms with Crippen molar-refractivity contribution in [3.05, 3.63) is 35.9 Å². The van der Waals surface area contributed by atoms with Crippen molar-refractivity contribution < 1.29 is 24.3 Å². The lowest BCUT2D eigenvalue weighted by Crippen LogP contribution is -2.63. The highest BCUT2D eigenvalue weighted by molar-refractivity contribution is 5.99. The number of carbonyl (C=O) groups excluding carboxylic acids is 3. The van der Waals surface area contributed by atoms with E-state index in [2.05, 4.69) is 16.0 Å². The summed E-state index contributed by atoms with van der Waals surface area (Å²) in [7, 11) is 0. The summed E-state index contributed by atoms with van der Waals surface area (Å²) in [6.45, 7) is 1.55. The van der Waals surface area contributed by atoms with Gasteiger partial charge in [-0.25, -0.2) is 4.79 Å². The lowest BCUT2D eigenvalue weighted by Gasteiger charge is -2.29. The molecule has 1 heterocycles. The zero-order chi connectivity index (χ0) is 20.7. The van der Waals surface area contributed by atoms with Crippen LogP contribution in [0.5, 0.6) is 0 Å². The Morgan fingerprint density at radius 2 is 1.79 bits per heavy atom. The molecule has 2 rings (SSSR count). The van der Waals surface area contributed by atoms with E-state index in [9.17, 15) is 19.2 Å². The van der Waals surface area contributed by atoms with Gasteiger partial charge in [-0.15, -0.1) is 0 Å². The molecular formula is C19H22N4O5. The van der Waals surface area contributed by atoms with Crippen molar-refractivity contribution >= 4 is 23.7 Å². The van der Waals surface area contributed by atoms with E-state index in [0.29, 0.717) is 6.42 Å². The molecule has 1 aliphatic rings. The topological polar surface area (TPSA) is 148 Å². The molecule has 1 aromatic rings. The van der Waals surface area contributed by atoms with Gasteiger partial charge in [-0.2, -0.15) is 5.26 Å². The Hall–Kier alpha value is -3.41. The van der Waals surface area contributed by atoms with Crippen LogP contribution in [-0.4, -0.2) is 46.9 Å². The maximum Gasteiger partial charge on any atom is 0.326 e. The Bertz CT molecular complexity index is 789. The standard InChI is InChI=1S/C19H22N4O5/c1-11(10-20)7-15(19(27)28)21-16(24)9-14-18(26)22-13(17(25)23-14)8-12-5-3-2-4-6-12/h2-6,11,13-15H,7-9H2,1H3,(H,21,24)(H,22,26)(H,23,25)(H,27,28)/t11-,13-,14-,15+/m0/s1. The predicted molar refractivity (Wildman–Crippen MR) is 97.6 cm³/mol. The number of carbonyl (C=O) groups is 4. The van der Waals surface area contributed by atoms with Gasteiger partial charge >= 0.3 is 5.97 Å². The molecule has 0 unspecified atom stereocenters. The van der Waals surface area contributed by atoms with Crippen LogP contribution in [0.2, 0.25) is 0 Å². The van der Waals surface area contributed by atoms with Crippen LogP contribution in [-0.2, 0) is 25.6 Å². The molecule has 28 heavy (non-hydrogen) atoms. The number of piperazine rings is 1. The first kappa shape index (κ1) is 20.9.